The number of fused-ring (bicyclic) bond motifs is 1. The standard InChI is InChI=1S/C17H17N3O3/c1-18-11-4-6-12(7-5-11)23-17-13-8-15(21-2)16(22-3)9-14(13)19-10-20-17/h4-10,18H,1-3H3. The number of hydrogen-bond donors (Lipinski definition) is 1. The largest absolute Gasteiger partial charge is 0.493 e. The predicted octanol–water partition coefficient (Wildman–Crippen LogP) is 3.48. The van der Waals surface area contributed by atoms with Crippen molar-refractivity contribution in [3.05, 3.63) is 42.7 Å². The van der Waals surface area contributed by atoms with Crippen molar-refractivity contribution in [3.63, 3.8) is 0 Å². The Morgan fingerprint density at radius 1 is 0.913 bits per heavy atom. The zero-order valence-corrected chi connectivity index (χ0v) is 13.2. The average Bonchev–Trinajstić information content (AvgIpc) is 2.61. The molecule has 118 valence electrons. The molecule has 6 heteroatoms. The van der Waals surface area contributed by atoms with Crippen molar-refractivity contribution in [3.8, 4) is 23.1 Å². The summed E-state index contributed by atoms with van der Waals surface area (Å²) in [7, 11) is 5.05. The summed E-state index contributed by atoms with van der Waals surface area (Å²) in [5.74, 6) is 2.38. The highest BCUT2D eigenvalue weighted by molar-refractivity contribution is 5.87. The molecule has 0 saturated carbocycles. The van der Waals surface area contributed by atoms with Crippen molar-refractivity contribution in [1.82, 2.24) is 9.97 Å². The second-order valence-electron chi connectivity index (χ2n) is 4.78. The fourth-order valence-corrected chi connectivity index (χ4v) is 2.24. The Kier molecular flexibility index (Phi) is 4.14. The molecule has 2 aromatic carbocycles. The molecule has 6 nitrogen and oxygen atoms in total. The van der Waals surface area contributed by atoms with E-state index < -0.39 is 0 Å². The number of nitrogens with zero attached hydrogens (tertiary/aromatic N) is 2. The van der Waals surface area contributed by atoms with Gasteiger partial charge in [0, 0.05) is 18.8 Å². The van der Waals surface area contributed by atoms with Crippen LogP contribution in [0.15, 0.2) is 42.7 Å². The summed E-state index contributed by atoms with van der Waals surface area (Å²) in [6.07, 6.45) is 1.46. The molecule has 0 radical (unpaired) electrons. The Balaban J connectivity index is 2.02. The lowest BCUT2D eigenvalue weighted by molar-refractivity contribution is 0.355. The molecular weight excluding hydrogens is 294 g/mol. The predicted molar refractivity (Wildman–Crippen MR) is 88.7 cm³/mol. The van der Waals surface area contributed by atoms with Gasteiger partial charge in [0.1, 0.15) is 12.1 Å². The van der Waals surface area contributed by atoms with Crippen molar-refractivity contribution in [1.29, 1.82) is 0 Å². The Morgan fingerprint density at radius 3 is 2.26 bits per heavy atom. The summed E-state index contributed by atoms with van der Waals surface area (Å²) in [4.78, 5) is 8.49. The van der Waals surface area contributed by atoms with Crippen LogP contribution in [0.25, 0.3) is 10.9 Å². The third-order valence-electron chi connectivity index (χ3n) is 3.46. The molecule has 0 unspecified atom stereocenters. The van der Waals surface area contributed by atoms with Gasteiger partial charge in [0.25, 0.3) is 0 Å². The van der Waals surface area contributed by atoms with Crippen LogP contribution < -0.4 is 19.5 Å². The first kappa shape index (κ1) is 14.9. The van der Waals surface area contributed by atoms with Crippen molar-refractivity contribution < 1.29 is 14.2 Å². The number of nitrogens with one attached hydrogen (secondary N) is 1. The molecule has 0 aliphatic heterocycles. The Hall–Kier alpha value is -3.02. The summed E-state index contributed by atoms with van der Waals surface area (Å²) in [5.41, 5.74) is 1.73. The maximum atomic E-state index is 5.89. The van der Waals surface area contributed by atoms with Gasteiger partial charge >= 0.3 is 0 Å². The molecule has 0 spiro atoms. The summed E-state index contributed by atoms with van der Waals surface area (Å²) in [6.45, 7) is 0. The van der Waals surface area contributed by atoms with Gasteiger partial charge < -0.3 is 19.5 Å². The van der Waals surface area contributed by atoms with Gasteiger partial charge in [-0.1, -0.05) is 0 Å². The SMILES string of the molecule is CNc1ccc(Oc2ncnc3cc(OC)c(OC)cc23)cc1. The molecule has 0 aliphatic carbocycles. The summed E-state index contributed by atoms with van der Waals surface area (Å²) in [6, 6.07) is 11.2. The fraction of sp³-hybridized carbons (Fsp3) is 0.176. The fourth-order valence-electron chi connectivity index (χ4n) is 2.24. The van der Waals surface area contributed by atoms with E-state index in [1.807, 2.05) is 37.4 Å². The van der Waals surface area contributed by atoms with Crippen LogP contribution >= 0.6 is 0 Å². The normalized spacial score (nSPS) is 10.4. The van der Waals surface area contributed by atoms with Crippen LogP contribution in [-0.2, 0) is 0 Å². The molecule has 1 heterocycles. The van der Waals surface area contributed by atoms with Gasteiger partial charge in [-0.2, -0.15) is 0 Å². The van der Waals surface area contributed by atoms with Crippen molar-refractivity contribution >= 4 is 16.6 Å². The highest BCUT2D eigenvalue weighted by Crippen LogP contribution is 2.35. The van der Waals surface area contributed by atoms with E-state index in [4.69, 9.17) is 14.2 Å². The minimum atomic E-state index is 0.466. The third-order valence-corrected chi connectivity index (χ3v) is 3.46. The smallest absolute Gasteiger partial charge is 0.230 e. The van der Waals surface area contributed by atoms with Crippen LogP contribution in [0.5, 0.6) is 23.1 Å². The minimum Gasteiger partial charge on any atom is -0.493 e. The number of ether oxygens (including phenoxy) is 3. The molecule has 23 heavy (non-hydrogen) atoms. The minimum absolute atomic E-state index is 0.466. The van der Waals surface area contributed by atoms with Gasteiger partial charge in [-0.3, -0.25) is 0 Å². The van der Waals surface area contributed by atoms with Gasteiger partial charge in [0.15, 0.2) is 11.5 Å². The summed E-state index contributed by atoms with van der Waals surface area (Å²) in [5, 5.41) is 3.82. The van der Waals surface area contributed by atoms with Gasteiger partial charge in [-0.05, 0) is 30.3 Å². The Bertz CT molecular complexity index is 819. The first-order valence-electron chi connectivity index (χ1n) is 7.07. The molecule has 0 aliphatic rings. The van der Waals surface area contributed by atoms with Crippen LogP contribution in [0.2, 0.25) is 0 Å². The molecule has 0 saturated heterocycles. The Morgan fingerprint density at radius 2 is 1.61 bits per heavy atom. The van der Waals surface area contributed by atoms with E-state index >= 15 is 0 Å². The summed E-state index contributed by atoms with van der Waals surface area (Å²) < 4.78 is 16.5. The highest BCUT2D eigenvalue weighted by atomic mass is 16.5. The monoisotopic (exact) mass is 311 g/mol. The van der Waals surface area contributed by atoms with E-state index in [9.17, 15) is 0 Å². The molecule has 1 aromatic heterocycles. The lowest BCUT2D eigenvalue weighted by Crippen LogP contribution is -1.95. The van der Waals surface area contributed by atoms with E-state index in [-0.39, 0.29) is 0 Å². The second-order valence-corrected chi connectivity index (χ2v) is 4.78. The van der Waals surface area contributed by atoms with Crippen molar-refractivity contribution in [2.45, 2.75) is 0 Å². The van der Waals surface area contributed by atoms with E-state index in [1.54, 1.807) is 20.3 Å². The molecule has 0 fully saturated rings. The number of aromatic nitrogens is 2. The number of benzene rings is 2. The molecule has 0 atom stereocenters. The van der Waals surface area contributed by atoms with Gasteiger partial charge in [-0.25, -0.2) is 9.97 Å². The van der Waals surface area contributed by atoms with Crippen LogP contribution in [0, 0.1) is 0 Å². The van der Waals surface area contributed by atoms with Crippen LogP contribution in [-0.4, -0.2) is 31.2 Å². The van der Waals surface area contributed by atoms with Crippen LogP contribution in [0.4, 0.5) is 5.69 Å². The lowest BCUT2D eigenvalue weighted by Gasteiger charge is -2.11. The third kappa shape index (κ3) is 2.96. The first-order valence-corrected chi connectivity index (χ1v) is 7.07. The molecule has 1 N–H and O–H groups in total. The first-order chi connectivity index (χ1) is 11.2. The highest BCUT2D eigenvalue weighted by Gasteiger charge is 2.12. The maximum absolute atomic E-state index is 5.89. The van der Waals surface area contributed by atoms with Gasteiger partial charge in [-0.15, -0.1) is 0 Å². The van der Waals surface area contributed by atoms with Crippen molar-refractivity contribution in [2.24, 2.45) is 0 Å². The number of hydrogen-bond acceptors (Lipinski definition) is 6. The molecule has 3 rings (SSSR count). The molecule has 0 amide bonds. The molecular formula is C17H17N3O3. The van der Waals surface area contributed by atoms with Crippen LogP contribution in [0.3, 0.4) is 0 Å². The van der Waals surface area contributed by atoms with E-state index in [0.29, 0.717) is 23.1 Å². The topological polar surface area (TPSA) is 65.5 Å². The van der Waals surface area contributed by atoms with Crippen molar-refractivity contribution in [2.75, 3.05) is 26.6 Å². The lowest BCUT2D eigenvalue weighted by atomic mass is 10.2. The van der Waals surface area contributed by atoms with E-state index in [2.05, 4.69) is 15.3 Å². The van der Waals surface area contributed by atoms with Gasteiger partial charge in [0.2, 0.25) is 5.88 Å². The quantitative estimate of drug-likeness (QED) is 0.778. The average molecular weight is 311 g/mol. The molecule has 3 aromatic rings. The molecule has 0 bridgehead atoms. The second kappa shape index (κ2) is 6.39. The zero-order chi connectivity index (χ0) is 16.2. The van der Waals surface area contributed by atoms with E-state index in [1.165, 1.54) is 6.33 Å². The van der Waals surface area contributed by atoms with Gasteiger partial charge in [0.05, 0.1) is 25.1 Å². The Labute approximate surface area is 134 Å². The van der Waals surface area contributed by atoms with E-state index in [0.717, 1.165) is 16.6 Å². The number of rotatable bonds is 5. The van der Waals surface area contributed by atoms with Crippen LogP contribution in [0.1, 0.15) is 0 Å². The number of methoxy groups -OCH3 is 2. The maximum Gasteiger partial charge on any atom is 0.230 e. The summed E-state index contributed by atoms with van der Waals surface area (Å²) >= 11 is 0. The zero-order valence-electron chi connectivity index (χ0n) is 13.2. The number of anilines is 1.